The number of fused-ring (bicyclic) bond motifs is 1. The van der Waals surface area contributed by atoms with Gasteiger partial charge in [0.1, 0.15) is 11.6 Å². The average Bonchev–Trinajstić information content (AvgIpc) is 2.53. The van der Waals surface area contributed by atoms with Crippen molar-refractivity contribution in [3.8, 4) is 11.1 Å². The fourth-order valence-corrected chi connectivity index (χ4v) is 3.48. The van der Waals surface area contributed by atoms with Crippen molar-refractivity contribution in [1.29, 1.82) is 0 Å². The van der Waals surface area contributed by atoms with Crippen molar-refractivity contribution in [2.24, 2.45) is 16.5 Å². The van der Waals surface area contributed by atoms with Gasteiger partial charge in [-0.05, 0) is 28.8 Å². The molecule has 1 aliphatic rings. The summed E-state index contributed by atoms with van der Waals surface area (Å²) in [6.45, 7) is 4.64. The van der Waals surface area contributed by atoms with E-state index in [1.54, 1.807) is 6.07 Å². The Balaban J connectivity index is 0.00000261. The Labute approximate surface area is 157 Å². The Morgan fingerprint density at radius 2 is 1.85 bits per heavy atom. The Morgan fingerprint density at radius 3 is 2.48 bits per heavy atom. The van der Waals surface area contributed by atoms with Crippen molar-refractivity contribution in [1.82, 2.24) is 4.90 Å². The van der Waals surface area contributed by atoms with E-state index in [-0.39, 0.29) is 30.9 Å². The summed E-state index contributed by atoms with van der Waals surface area (Å²) >= 11 is 0. The summed E-state index contributed by atoms with van der Waals surface area (Å²) in [7, 11) is 0. The predicted octanol–water partition coefficient (Wildman–Crippen LogP) is 3.75. The van der Waals surface area contributed by atoms with E-state index < -0.39 is 17.7 Å². The maximum atomic E-state index is 14.4. The molecular weight excluding hydrogens is 350 g/mol. The molecule has 7 heteroatoms. The number of urea groups is 1. The van der Waals surface area contributed by atoms with Crippen LogP contribution in [0.1, 0.15) is 32.4 Å². The number of amides is 2. The zero-order chi connectivity index (χ0) is 19.1. The summed E-state index contributed by atoms with van der Waals surface area (Å²) in [4.78, 5) is 17.4. The Morgan fingerprint density at radius 1 is 1.15 bits per heavy atom. The monoisotopic (exact) mass is 374 g/mol. The highest BCUT2D eigenvalue weighted by atomic mass is 19.1. The first kappa shape index (κ1) is 20.4. The molecule has 27 heavy (non-hydrogen) atoms. The van der Waals surface area contributed by atoms with Gasteiger partial charge < -0.3 is 16.4 Å². The summed E-state index contributed by atoms with van der Waals surface area (Å²) in [5.74, 6) is -1.60. The number of aliphatic imine (C=N–C) groups is 1. The first-order valence-corrected chi connectivity index (χ1v) is 8.15. The number of guanidine groups is 1. The molecule has 144 valence electrons. The van der Waals surface area contributed by atoms with Crippen LogP contribution in [0.3, 0.4) is 0 Å². The molecule has 3 rings (SSSR count). The molecule has 0 aromatic heterocycles. The van der Waals surface area contributed by atoms with Crippen LogP contribution in [0, 0.1) is 11.6 Å². The third-order valence-corrected chi connectivity index (χ3v) is 4.56. The second-order valence-corrected chi connectivity index (χ2v) is 7.02. The van der Waals surface area contributed by atoms with Crippen LogP contribution in [-0.2, 0) is 12.0 Å². The van der Waals surface area contributed by atoms with Gasteiger partial charge in [-0.3, -0.25) is 0 Å². The quantitative estimate of drug-likeness (QED) is 0.589. The Hall–Kier alpha value is -2.96. The number of benzene rings is 2. The van der Waals surface area contributed by atoms with Crippen molar-refractivity contribution >= 4 is 12.0 Å². The van der Waals surface area contributed by atoms with Gasteiger partial charge in [-0.15, -0.1) is 0 Å². The van der Waals surface area contributed by atoms with E-state index in [1.165, 1.54) is 17.0 Å². The number of rotatable bonds is 1. The van der Waals surface area contributed by atoms with Crippen LogP contribution in [-0.4, -0.2) is 23.4 Å². The van der Waals surface area contributed by atoms with Crippen molar-refractivity contribution in [2.45, 2.75) is 33.2 Å². The minimum atomic E-state index is -0.649. The van der Waals surface area contributed by atoms with Crippen molar-refractivity contribution < 1.29 is 13.6 Å². The largest absolute Gasteiger partial charge is 0.370 e. The first-order chi connectivity index (χ1) is 12.2. The number of nitrogens with zero attached hydrogens (tertiary/aromatic N) is 2. The zero-order valence-electron chi connectivity index (χ0n) is 14.6. The van der Waals surface area contributed by atoms with E-state index in [4.69, 9.17) is 11.5 Å². The smallest absolute Gasteiger partial charge is 0.347 e. The highest BCUT2D eigenvalue weighted by molar-refractivity contribution is 5.91. The molecule has 1 heterocycles. The summed E-state index contributed by atoms with van der Waals surface area (Å²) in [5.41, 5.74) is 13.0. The first-order valence-electron chi connectivity index (χ1n) is 8.15. The SMILES string of the molecule is C.CC1(C)CN(C(=O)N=C(N)N)Cc2c(-c3ccc(F)cc3F)cccc21. The van der Waals surface area contributed by atoms with Gasteiger partial charge in [0, 0.05) is 30.1 Å². The lowest BCUT2D eigenvalue weighted by Gasteiger charge is -2.40. The van der Waals surface area contributed by atoms with Crippen LogP contribution in [0.25, 0.3) is 11.1 Å². The molecule has 2 aromatic carbocycles. The summed E-state index contributed by atoms with van der Waals surface area (Å²) in [5, 5.41) is 0. The molecule has 0 unspecified atom stereocenters. The molecule has 0 aliphatic carbocycles. The van der Waals surface area contributed by atoms with E-state index in [0.29, 0.717) is 12.1 Å². The minimum Gasteiger partial charge on any atom is -0.370 e. The maximum Gasteiger partial charge on any atom is 0.347 e. The fraction of sp³-hybridized carbons (Fsp3) is 0.300. The molecule has 0 spiro atoms. The lowest BCUT2D eigenvalue weighted by atomic mass is 9.76. The number of hydrogen-bond donors (Lipinski definition) is 2. The number of carbonyl (C=O) groups excluding carboxylic acids is 1. The van der Waals surface area contributed by atoms with Crippen molar-refractivity contribution in [2.75, 3.05) is 6.54 Å². The summed E-state index contributed by atoms with van der Waals surface area (Å²) in [6.07, 6.45) is 0. The third-order valence-electron chi connectivity index (χ3n) is 4.56. The zero-order valence-corrected chi connectivity index (χ0v) is 14.6. The maximum absolute atomic E-state index is 14.4. The number of halogens is 2. The molecule has 0 fully saturated rings. The topological polar surface area (TPSA) is 84.7 Å². The van der Waals surface area contributed by atoms with Crippen LogP contribution in [0.15, 0.2) is 41.4 Å². The summed E-state index contributed by atoms with van der Waals surface area (Å²) < 4.78 is 27.6. The van der Waals surface area contributed by atoms with E-state index in [1.807, 2.05) is 26.0 Å². The molecule has 2 aromatic rings. The number of hydrogen-bond acceptors (Lipinski definition) is 1. The summed E-state index contributed by atoms with van der Waals surface area (Å²) in [6, 6.07) is 8.50. The van der Waals surface area contributed by atoms with E-state index >= 15 is 0 Å². The van der Waals surface area contributed by atoms with Gasteiger partial charge in [0.2, 0.25) is 0 Å². The molecule has 2 amide bonds. The minimum absolute atomic E-state index is 0. The van der Waals surface area contributed by atoms with Crippen LogP contribution in [0.4, 0.5) is 13.6 Å². The molecule has 0 saturated heterocycles. The normalized spacial score (nSPS) is 14.7. The van der Waals surface area contributed by atoms with Gasteiger partial charge in [-0.1, -0.05) is 39.5 Å². The van der Waals surface area contributed by atoms with Gasteiger partial charge in [0.15, 0.2) is 5.96 Å². The van der Waals surface area contributed by atoms with Crippen LogP contribution in [0.2, 0.25) is 0 Å². The van der Waals surface area contributed by atoms with Gasteiger partial charge >= 0.3 is 6.03 Å². The molecule has 0 radical (unpaired) electrons. The van der Waals surface area contributed by atoms with Gasteiger partial charge in [-0.2, -0.15) is 4.99 Å². The third kappa shape index (κ3) is 3.92. The second kappa shape index (κ2) is 7.34. The van der Waals surface area contributed by atoms with Crippen LogP contribution < -0.4 is 11.5 Å². The van der Waals surface area contributed by atoms with Crippen LogP contribution >= 0.6 is 0 Å². The van der Waals surface area contributed by atoms with E-state index in [0.717, 1.165) is 17.2 Å². The number of nitrogens with two attached hydrogens (primary N) is 2. The standard InChI is InChI=1S/C19H20F2N4O.CH4/c1-19(2)10-25(18(26)24-17(22)23)9-14-12(4-3-5-15(14)19)13-7-6-11(20)8-16(13)21;/h3-8H,9-10H2,1-2H3,(H4,22,23,24,26);1H4. The highest BCUT2D eigenvalue weighted by Crippen LogP contribution is 2.39. The Kier molecular flexibility index (Phi) is 5.54. The highest BCUT2D eigenvalue weighted by Gasteiger charge is 2.35. The Bertz CT molecular complexity index is 905. The molecule has 4 N–H and O–H groups in total. The van der Waals surface area contributed by atoms with E-state index in [2.05, 4.69) is 4.99 Å². The molecular formula is C20H24F2N4O. The molecule has 0 saturated carbocycles. The van der Waals surface area contributed by atoms with E-state index in [9.17, 15) is 13.6 Å². The van der Waals surface area contributed by atoms with Crippen molar-refractivity contribution in [3.63, 3.8) is 0 Å². The predicted molar refractivity (Wildman–Crippen MR) is 103 cm³/mol. The molecule has 0 bridgehead atoms. The van der Waals surface area contributed by atoms with Gasteiger partial charge in [0.25, 0.3) is 0 Å². The lowest BCUT2D eigenvalue weighted by Crippen LogP contribution is -2.45. The van der Waals surface area contributed by atoms with Crippen molar-refractivity contribution in [3.05, 3.63) is 59.2 Å². The van der Waals surface area contributed by atoms with Crippen LogP contribution in [0.5, 0.6) is 0 Å². The molecule has 1 aliphatic heterocycles. The second-order valence-electron chi connectivity index (χ2n) is 7.02. The fourth-order valence-electron chi connectivity index (χ4n) is 3.48. The molecule has 5 nitrogen and oxygen atoms in total. The average molecular weight is 374 g/mol. The van der Waals surface area contributed by atoms with Gasteiger partial charge in [0.05, 0.1) is 0 Å². The molecule has 0 atom stereocenters. The number of carbonyl (C=O) groups is 1. The lowest BCUT2D eigenvalue weighted by molar-refractivity contribution is 0.183. The van der Waals surface area contributed by atoms with Gasteiger partial charge in [-0.25, -0.2) is 13.6 Å².